The van der Waals surface area contributed by atoms with Crippen LogP contribution in [0, 0.1) is 0 Å². The van der Waals surface area contributed by atoms with E-state index in [2.05, 4.69) is 16.0 Å². The second kappa shape index (κ2) is 13.6. The van der Waals surface area contributed by atoms with E-state index in [9.17, 15) is 34.5 Å². The van der Waals surface area contributed by atoms with Crippen LogP contribution in [0.4, 0.5) is 0 Å². The number of aliphatic carboxylic acids is 1. The molecule has 0 aliphatic rings. The molecule has 8 N–H and O–H groups in total. The highest BCUT2D eigenvalue weighted by atomic mass is 32.2. The number of benzene rings is 1. The van der Waals surface area contributed by atoms with Crippen molar-refractivity contribution in [1.29, 1.82) is 0 Å². The van der Waals surface area contributed by atoms with Gasteiger partial charge in [0.25, 0.3) is 0 Å². The minimum absolute atomic E-state index is 0.0248. The van der Waals surface area contributed by atoms with Crippen LogP contribution in [0.15, 0.2) is 24.3 Å². The molecule has 0 heterocycles. The van der Waals surface area contributed by atoms with Crippen LogP contribution in [-0.4, -0.2) is 81.8 Å². The predicted molar refractivity (Wildman–Crippen MR) is 119 cm³/mol. The summed E-state index contributed by atoms with van der Waals surface area (Å²) in [5.74, 6) is -2.78. The standard InChI is InChI=1S/C20H30N4O7S/c1-11(22-19(29)16(10-25)24-18(28)14(21)7-8-32-2)17(27)23-15(20(30)31)9-12-3-5-13(26)6-4-12/h3-6,11,14-16,25-26H,7-10,21H2,1-2H3,(H,22,29)(H,23,27)(H,24,28)(H,30,31). The number of amides is 3. The Morgan fingerprint density at radius 2 is 1.59 bits per heavy atom. The molecule has 0 aromatic heterocycles. The van der Waals surface area contributed by atoms with Crippen LogP contribution in [0.5, 0.6) is 5.75 Å². The van der Waals surface area contributed by atoms with Gasteiger partial charge in [0.1, 0.15) is 23.9 Å². The Balaban J connectivity index is 2.66. The molecule has 0 aliphatic carbocycles. The zero-order valence-electron chi connectivity index (χ0n) is 17.9. The largest absolute Gasteiger partial charge is 0.508 e. The van der Waals surface area contributed by atoms with Gasteiger partial charge in [0.05, 0.1) is 12.6 Å². The molecule has 3 amide bonds. The molecule has 178 valence electrons. The van der Waals surface area contributed by atoms with Gasteiger partial charge in [-0.2, -0.15) is 11.8 Å². The van der Waals surface area contributed by atoms with Crippen molar-refractivity contribution in [3.8, 4) is 5.75 Å². The fourth-order valence-electron chi connectivity index (χ4n) is 2.59. The molecule has 0 saturated heterocycles. The third-order valence-electron chi connectivity index (χ3n) is 4.53. The predicted octanol–water partition coefficient (Wildman–Crippen LogP) is -1.43. The first-order valence-corrected chi connectivity index (χ1v) is 11.3. The Hall–Kier alpha value is -2.83. The number of nitrogens with two attached hydrogens (primary N) is 1. The summed E-state index contributed by atoms with van der Waals surface area (Å²) in [5.41, 5.74) is 6.32. The second-order valence-corrected chi connectivity index (χ2v) is 8.12. The number of thioether (sulfide) groups is 1. The lowest BCUT2D eigenvalue weighted by atomic mass is 10.1. The molecule has 11 nitrogen and oxygen atoms in total. The monoisotopic (exact) mass is 470 g/mol. The molecule has 1 aromatic carbocycles. The molecule has 0 bridgehead atoms. The number of aliphatic hydroxyl groups is 1. The Morgan fingerprint density at radius 1 is 1.00 bits per heavy atom. The average Bonchev–Trinajstić information content (AvgIpc) is 2.75. The molecule has 32 heavy (non-hydrogen) atoms. The summed E-state index contributed by atoms with van der Waals surface area (Å²) in [4.78, 5) is 48.3. The zero-order valence-corrected chi connectivity index (χ0v) is 18.7. The van der Waals surface area contributed by atoms with Crippen molar-refractivity contribution in [3.63, 3.8) is 0 Å². The number of hydrogen-bond acceptors (Lipinski definition) is 8. The fourth-order valence-corrected chi connectivity index (χ4v) is 3.08. The van der Waals surface area contributed by atoms with Crippen molar-refractivity contribution < 1.29 is 34.5 Å². The second-order valence-electron chi connectivity index (χ2n) is 7.13. The lowest BCUT2D eigenvalue weighted by Gasteiger charge is -2.22. The highest BCUT2D eigenvalue weighted by Crippen LogP contribution is 2.11. The molecule has 1 rings (SSSR count). The number of carbonyl (C=O) groups excluding carboxylic acids is 3. The summed E-state index contributed by atoms with van der Waals surface area (Å²) in [5, 5.41) is 35.2. The number of hydrogen-bond donors (Lipinski definition) is 7. The van der Waals surface area contributed by atoms with Crippen molar-refractivity contribution in [2.75, 3.05) is 18.6 Å². The van der Waals surface area contributed by atoms with Crippen molar-refractivity contribution >= 4 is 35.5 Å². The van der Waals surface area contributed by atoms with Gasteiger partial charge in [0, 0.05) is 6.42 Å². The number of carboxylic acids is 1. The summed E-state index contributed by atoms with van der Waals surface area (Å²) in [6.45, 7) is 0.632. The number of phenolic OH excluding ortho intramolecular Hbond substituents is 1. The lowest BCUT2D eigenvalue weighted by Crippen LogP contribution is -2.57. The summed E-state index contributed by atoms with van der Waals surface area (Å²) >= 11 is 1.51. The Kier molecular flexibility index (Phi) is 11.5. The molecule has 0 radical (unpaired) electrons. The maximum atomic E-state index is 12.4. The van der Waals surface area contributed by atoms with Crippen LogP contribution >= 0.6 is 11.8 Å². The first-order valence-electron chi connectivity index (χ1n) is 9.86. The Labute approximate surface area is 190 Å². The van der Waals surface area contributed by atoms with Gasteiger partial charge in [0.2, 0.25) is 17.7 Å². The normalized spacial score (nSPS) is 14.5. The molecule has 1 aromatic rings. The van der Waals surface area contributed by atoms with E-state index >= 15 is 0 Å². The number of phenols is 1. The van der Waals surface area contributed by atoms with E-state index < -0.39 is 54.5 Å². The van der Waals surface area contributed by atoms with E-state index in [1.807, 2.05) is 6.26 Å². The third-order valence-corrected chi connectivity index (χ3v) is 5.17. The SMILES string of the molecule is CSCCC(N)C(=O)NC(CO)C(=O)NC(C)C(=O)NC(Cc1ccc(O)cc1)C(=O)O. The van der Waals surface area contributed by atoms with E-state index in [0.29, 0.717) is 17.7 Å². The minimum Gasteiger partial charge on any atom is -0.508 e. The number of carboxylic acid groups (broad SMARTS) is 1. The van der Waals surface area contributed by atoms with Gasteiger partial charge in [-0.15, -0.1) is 0 Å². The van der Waals surface area contributed by atoms with E-state index in [-0.39, 0.29) is 12.2 Å². The fraction of sp³-hybridized carbons (Fsp3) is 0.500. The maximum absolute atomic E-state index is 12.4. The van der Waals surface area contributed by atoms with Crippen molar-refractivity contribution in [3.05, 3.63) is 29.8 Å². The molecule has 0 spiro atoms. The van der Waals surface area contributed by atoms with Crippen LogP contribution in [0.3, 0.4) is 0 Å². The third kappa shape index (κ3) is 9.12. The number of aromatic hydroxyl groups is 1. The quantitative estimate of drug-likeness (QED) is 0.181. The minimum atomic E-state index is -1.31. The van der Waals surface area contributed by atoms with Gasteiger partial charge in [0.15, 0.2) is 0 Å². The van der Waals surface area contributed by atoms with Crippen LogP contribution in [0.2, 0.25) is 0 Å². The highest BCUT2D eigenvalue weighted by Gasteiger charge is 2.28. The summed E-state index contributed by atoms with van der Waals surface area (Å²) in [7, 11) is 0. The maximum Gasteiger partial charge on any atom is 0.326 e. The molecule has 4 unspecified atom stereocenters. The Morgan fingerprint density at radius 3 is 2.12 bits per heavy atom. The molecule has 12 heteroatoms. The summed E-state index contributed by atoms with van der Waals surface area (Å²) < 4.78 is 0. The molecular weight excluding hydrogens is 440 g/mol. The molecule has 0 fully saturated rings. The molecular formula is C20H30N4O7S. The van der Waals surface area contributed by atoms with Gasteiger partial charge in [-0.3, -0.25) is 14.4 Å². The average molecular weight is 471 g/mol. The van der Waals surface area contributed by atoms with Gasteiger partial charge in [-0.25, -0.2) is 4.79 Å². The van der Waals surface area contributed by atoms with Crippen molar-refractivity contribution in [2.24, 2.45) is 5.73 Å². The summed E-state index contributed by atoms with van der Waals surface area (Å²) in [6.07, 6.45) is 2.22. The van der Waals surface area contributed by atoms with E-state index in [4.69, 9.17) is 5.73 Å². The van der Waals surface area contributed by atoms with Crippen LogP contribution in [0.1, 0.15) is 18.9 Å². The van der Waals surface area contributed by atoms with E-state index in [0.717, 1.165) is 0 Å². The topological polar surface area (TPSA) is 191 Å². The van der Waals surface area contributed by atoms with Crippen molar-refractivity contribution in [2.45, 2.75) is 43.9 Å². The van der Waals surface area contributed by atoms with Gasteiger partial charge in [-0.05, 0) is 43.0 Å². The Bertz CT molecular complexity index is 791. The van der Waals surface area contributed by atoms with Crippen molar-refractivity contribution in [1.82, 2.24) is 16.0 Å². The molecule has 0 saturated carbocycles. The van der Waals surface area contributed by atoms with Gasteiger partial charge in [-0.1, -0.05) is 12.1 Å². The van der Waals surface area contributed by atoms with Crippen LogP contribution in [-0.2, 0) is 25.6 Å². The van der Waals surface area contributed by atoms with E-state index in [1.165, 1.54) is 43.0 Å². The zero-order chi connectivity index (χ0) is 24.3. The van der Waals surface area contributed by atoms with Crippen LogP contribution < -0.4 is 21.7 Å². The number of nitrogens with one attached hydrogen (secondary N) is 3. The molecule has 4 atom stereocenters. The molecule has 0 aliphatic heterocycles. The number of rotatable bonds is 13. The van der Waals surface area contributed by atoms with Gasteiger partial charge >= 0.3 is 5.97 Å². The highest BCUT2D eigenvalue weighted by molar-refractivity contribution is 7.98. The van der Waals surface area contributed by atoms with E-state index in [1.54, 1.807) is 0 Å². The smallest absolute Gasteiger partial charge is 0.326 e. The first kappa shape index (κ1) is 27.2. The van der Waals surface area contributed by atoms with Gasteiger partial charge < -0.3 is 37.0 Å². The summed E-state index contributed by atoms with van der Waals surface area (Å²) in [6, 6.07) is 1.29. The lowest BCUT2D eigenvalue weighted by molar-refractivity contribution is -0.142. The first-order chi connectivity index (χ1) is 15.1. The number of carbonyl (C=O) groups is 4. The number of aliphatic hydroxyl groups excluding tert-OH is 1. The van der Waals surface area contributed by atoms with Crippen LogP contribution in [0.25, 0.3) is 0 Å².